The van der Waals surface area contributed by atoms with Crippen LogP contribution in [0, 0.1) is 12.7 Å². The van der Waals surface area contributed by atoms with Gasteiger partial charge in [0.1, 0.15) is 5.82 Å². The van der Waals surface area contributed by atoms with Gasteiger partial charge in [0.2, 0.25) is 0 Å². The van der Waals surface area contributed by atoms with Gasteiger partial charge in [-0.25, -0.2) is 9.37 Å². The summed E-state index contributed by atoms with van der Waals surface area (Å²) in [7, 11) is 1.63. The van der Waals surface area contributed by atoms with Gasteiger partial charge in [-0.2, -0.15) is 0 Å². The van der Waals surface area contributed by atoms with Crippen molar-refractivity contribution >= 4 is 17.2 Å². The first-order chi connectivity index (χ1) is 14.1. The summed E-state index contributed by atoms with van der Waals surface area (Å²) in [5.74, 6) is -0.337. The van der Waals surface area contributed by atoms with E-state index in [2.05, 4.69) is 4.98 Å². The van der Waals surface area contributed by atoms with Crippen molar-refractivity contribution in [3.8, 4) is 22.4 Å². The number of rotatable bonds is 5. The summed E-state index contributed by atoms with van der Waals surface area (Å²) in [4.78, 5) is 16.2. The number of pyridine rings is 1. The van der Waals surface area contributed by atoms with Crippen molar-refractivity contribution in [2.24, 2.45) is 0 Å². The largest absolute Gasteiger partial charge is 0.380 e. The standard InChI is InChI=1S/C25H20FNO2/c1-16-6-9-24-22(10-16)20(14-28)13-25(27-24)19-7-8-21(23(26)12-19)18-5-3-4-17(11-18)15-29-2/h3-14H,15H2,1-2H3. The minimum atomic E-state index is -0.337. The number of aryl methyl sites for hydroxylation is 1. The minimum Gasteiger partial charge on any atom is -0.380 e. The number of carbonyl (C=O) groups excluding carboxylic acids is 1. The number of hydrogen-bond acceptors (Lipinski definition) is 3. The Hall–Kier alpha value is -3.37. The SMILES string of the molecule is COCc1cccc(-c2ccc(-c3cc(C=O)c4cc(C)ccc4n3)cc2F)c1. The van der Waals surface area contributed by atoms with Crippen molar-refractivity contribution in [2.45, 2.75) is 13.5 Å². The highest BCUT2D eigenvalue weighted by Gasteiger charge is 2.11. The first kappa shape index (κ1) is 19.0. The average molecular weight is 385 g/mol. The molecule has 144 valence electrons. The normalized spacial score (nSPS) is 11.0. The smallest absolute Gasteiger partial charge is 0.150 e. The number of halogens is 1. The fraction of sp³-hybridized carbons (Fsp3) is 0.120. The lowest BCUT2D eigenvalue weighted by molar-refractivity contribution is 0.112. The summed E-state index contributed by atoms with van der Waals surface area (Å²) < 4.78 is 20.1. The number of carbonyl (C=O) groups is 1. The number of aromatic nitrogens is 1. The predicted octanol–water partition coefficient (Wildman–Crippen LogP) is 5.98. The van der Waals surface area contributed by atoms with Crippen molar-refractivity contribution < 1.29 is 13.9 Å². The molecule has 0 bridgehead atoms. The molecule has 3 nitrogen and oxygen atoms in total. The molecule has 4 heteroatoms. The van der Waals surface area contributed by atoms with Crippen LogP contribution in [0.4, 0.5) is 4.39 Å². The van der Waals surface area contributed by atoms with E-state index in [9.17, 15) is 9.18 Å². The maximum Gasteiger partial charge on any atom is 0.150 e. The second-order valence-electron chi connectivity index (χ2n) is 7.06. The molecule has 0 aliphatic carbocycles. The van der Waals surface area contributed by atoms with Gasteiger partial charge in [-0.1, -0.05) is 42.0 Å². The Morgan fingerprint density at radius 2 is 1.86 bits per heavy atom. The maximum absolute atomic E-state index is 15.0. The number of hydrogen-bond donors (Lipinski definition) is 0. The monoisotopic (exact) mass is 385 g/mol. The summed E-state index contributed by atoms with van der Waals surface area (Å²) in [6.45, 7) is 2.44. The first-order valence-electron chi connectivity index (χ1n) is 9.34. The van der Waals surface area contributed by atoms with E-state index < -0.39 is 0 Å². The van der Waals surface area contributed by atoms with Crippen LogP contribution in [0.3, 0.4) is 0 Å². The molecule has 1 heterocycles. The highest BCUT2D eigenvalue weighted by molar-refractivity contribution is 5.98. The highest BCUT2D eigenvalue weighted by atomic mass is 19.1. The molecule has 0 atom stereocenters. The third-order valence-electron chi connectivity index (χ3n) is 4.94. The fourth-order valence-electron chi connectivity index (χ4n) is 3.51. The van der Waals surface area contributed by atoms with Crippen LogP contribution in [0.1, 0.15) is 21.5 Å². The van der Waals surface area contributed by atoms with E-state index in [4.69, 9.17) is 4.74 Å². The molecular weight excluding hydrogens is 365 g/mol. The Balaban J connectivity index is 1.77. The quantitative estimate of drug-likeness (QED) is 0.397. The van der Waals surface area contributed by atoms with E-state index in [0.717, 1.165) is 28.4 Å². The molecule has 29 heavy (non-hydrogen) atoms. The van der Waals surface area contributed by atoms with Crippen LogP contribution in [0.15, 0.2) is 66.7 Å². The Bertz CT molecular complexity index is 1220. The third-order valence-corrected chi connectivity index (χ3v) is 4.94. The number of aldehydes is 1. The summed E-state index contributed by atoms with van der Waals surface area (Å²) >= 11 is 0. The highest BCUT2D eigenvalue weighted by Crippen LogP contribution is 2.30. The zero-order valence-corrected chi connectivity index (χ0v) is 16.3. The molecule has 0 saturated carbocycles. The zero-order valence-electron chi connectivity index (χ0n) is 16.3. The van der Waals surface area contributed by atoms with Gasteiger partial charge in [0, 0.05) is 29.2 Å². The molecule has 0 saturated heterocycles. The van der Waals surface area contributed by atoms with Gasteiger partial charge in [0.15, 0.2) is 6.29 Å². The summed E-state index contributed by atoms with van der Waals surface area (Å²) in [6.07, 6.45) is 0.818. The molecule has 0 radical (unpaired) electrons. The van der Waals surface area contributed by atoms with Crippen LogP contribution in [0.2, 0.25) is 0 Å². The van der Waals surface area contributed by atoms with Crippen LogP contribution < -0.4 is 0 Å². The van der Waals surface area contributed by atoms with Gasteiger partial charge in [-0.3, -0.25) is 4.79 Å². The molecular formula is C25H20FNO2. The van der Waals surface area contributed by atoms with Gasteiger partial charge >= 0.3 is 0 Å². The molecule has 0 aliphatic rings. The average Bonchev–Trinajstić information content (AvgIpc) is 2.73. The van der Waals surface area contributed by atoms with Crippen LogP contribution in [-0.4, -0.2) is 18.4 Å². The van der Waals surface area contributed by atoms with E-state index in [0.29, 0.717) is 34.5 Å². The maximum atomic E-state index is 15.0. The molecule has 0 spiro atoms. The van der Waals surface area contributed by atoms with Crippen molar-refractivity contribution in [2.75, 3.05) is 7.11 Å². The summed E-state index contributed by atoms with van der Waals surface area (Å²) in [5, 5.41) is 0.802. The molecule has 4 aromatic rings. The fourth-order valence-corrected chi connectivity index (χ4v) is 3.51. The Morgan fingerprint density at radius 1 is 1.00 bits per heavy atom. The molecule has 0 aliphatic heterocycles. The van der Waals surface area contributed by atoms with Crippen LogP contribution in [-0.2, 0) is 11.3 Å². The molecule has 4 rings (SSSR count). The second kappa shape index (κ2) is 7.94. The Morgan fingerprint density at radius 3 is 2.62 bits per heavy atom. The van der Waals surface area contributed by atoms with E-state index in [1.54, 1.807) is 19.2 Å². The lowest BCUT2D eigenvalue weighted by Crippen LogP contribution is -1.94. The van der Waals surface area contributed by atoms with Gasteiger partial charge in [0.25, 0.3) is 0 Å². The van der Waals surface area contributed by atoms with Gasteiger partial charge < -0.3 is 4.74 Å². The lowest BCUT2D eigenvalue weighted by Gasteiger charge is -2.10. The number of ether oxygens (including phenoxy) is 1. The third kappa shape index (κ3) is 3.80. The molecule has 3 aromatic carbocycles. The molecule has 0 fully saturated rings. The van der Waals surface area contributed by atoms with Crippen molar-refractivity contribution in [1.82, 2.24) is 4.98 Å². The minimum absolute atomic E-state index is 0.337. The van der Waals surface area contributed by atoms with Gasteiger partial charge in [-0.15, -0.1) is 0 Å². The van der Waals surface area contributed by atoms with E-state index in [-0.39, 0.29) is 5.82 Å². The van der Waals surface area contributed by atoms with Crippen molar-refractivity contribution in [1.29, 1.82) is 0 Å². The molecule has 0 N–H and O–H groups in total. The van der Waals surface area contributed by atoms with Gasteiger partial charge in [-0.05, 0) is 48.4 Å². The number of fused-ring (bicyclic) bond motifs is 1. The Labute approximate surface area is 168 Å². The number of methoxy groups -OCH3 is 1. The number of nitrogens with zero attached hydrogens (tertiary/aromatic N) is 1. The van der Waals surface area contributed by atoms with Crippen LogP contribution >= 0.6 is 0 Å². The lowest BCUT2D eigenvalue weighted by atomic mass is 9.99. The van der Waals surface area contributed by atoms with E-state index in [1.807, 2.05) is 55.5 Å². The van der Waals surface area contributed by atoms with Crippen LogP contribution in [0.25, 0.3) is 33.3 Å². The van der Waals surface area contributed by atoms with Crippen LogP contribution in [0.5, 0.6) is 0 Å². The summed E-state index contributed by atoms with van der Waals surface area (Å²) in [5.41, 5.74) is 5.80. The van der Waals surface area contributed by atoms with E-state index >= 15 is 0 Å². The molecule has 1 aromatic heterocycles. The Kier molecular flexibility index (Phi) is 5.19. The van der Waals surface area contributed by atoms with Crippen molar-refractivity contribution in [3.05, 3.63) is 89.2 Å². The van der Waals surface area contributed by atoms with Gasteiger partial charge in [0.05, 0.1) is 17.8 Å². The molecule has 0 amide bonds. The predicted molar refractivity (Wildman–Crippen MR) is 113 cm³/mol. The topological polar surface area (TPSA) is 39.2 Å². The van der Waals surface area contributed by atoms with Crippen molar-refractivity contribution in [3.63, 3.8) is 0 Å². The van der Waals surface area contributed by atoms with E-state index in [1.165, 1.54) is 6.07 Å². The molecule has 0 unspecified atom stereocenters. The second-order valence-corrected chi connectivity index (χ2v) is 7.06. The number of benzene rings is 3. The zero-order chi connectivity index (χ0) is 20.4. The summed E-state index contributed by atoms with van der Waals surface area (Å²) in [6, 6.07) is 20.2. The first-order valence-corrected chi connectivity index (χ1v) is 9.34.